The van der Waals surface area contributed by atoms with Crippen LogP contribution in [0, 0.1) is 6.92 Å². The zero-order valence-corrected chi connectivity index (χ0v) is 20.7. The van der Waals surface area contributed by atoms with Gasteiger partial charge in [0.15, 0.2) is 11.3 Å². The second kappa shape index (κ2) is 9.53. The van der Waals surface area contributed by atoms with Gasteiger partial charge in [-0.1, -0.05) is 0 Å². The van der Waals surface area contributed by atoms with E-state index in [4.69, 9.17) is 4.74 Å². The van der Waals surface area contributed by atoms with Gasteiger partial charge >= 0.3 is 6.18 Å². The van der Waals surface area contributed by atoms with E-state index in [0.29, 0.717) is 24.3 Å². The van der Waals surface area contributed by atoms with Crippen LogP contribution in [0.2, 0.25) is 0 Å². The maximum atomic E-state index is 13.9. The van der Waals surface area contributed by atoms with Gasteiger partial charge in [-0.25, -0.2) is 9.97 Å². The first-order chi connectivity index (χ1) is 16.8. The van der Waals surface area contributed by atoms with E-state index in [0.717, 1.165) is 0 Å². The number of carbonyl (C=O) groups is 1. The number of amides is 1. The van der Waals surface area contributed by atoms with Gasteiger partial charge in [-0.05, 0) is 58.0 Å². The first-order valence-electron chi connectivity index (χ1n) is 11.6. The SMILES string of the molecule is Cc1nc2nc(C(F)(F)F)c([C@@H](C)Nc3ccc(C(=O)N4C[C@@H](C)O[C@@H](C)C4)cc3)cc2c(=O)n1C. The zero-order valence-electron chi connectivity index (χ0n) is 20.7. The largest absolute Gasteiger partial charge is 0.433 e. The van der Waals surface area contributed by atoms with Crippen molar-refractivity contribution in [1.82, 2.24) is 19.4 Å². The predicted molar refractivity (Wildman–Crippen MR) is 129 cm³/mol. The lowest BCUT2D eigenvalue weighted by atomic mass is 10.0. The van der Waals surface area contributed by atoms with Crippen molar-refractivity contribution in [3.05, 3.63) is 63.3 Å². The molecule has 1 aromatic carbocycles. The molecule has 0 saturated carbocycles. The van der Waals surface area contributed by atoms with Crippen molar-refractivity contribution in [3.8, 4) is 0 Å². The normalized spacial score (nSPS) is 19.4. The van der Waals surface area contributed by atoms with Crippen molar-refractivity contribution in [2.45, 2.75) is 52.1 Å². The summed E-state index contributed by atoms with van der Waals surface area (Å²) in [5.41, 5.74) is -0.990. The highest BCUT2D eigenvalue weighted by Crippen LogP contribution is 2.35. The molecule has 3 atom stereocenters. The van der Waals surface area contributed by atoms with Crippen LogP contribution in [0.4, 0.5) is 18.9 Å². The Morgan fingerprint density at radius 1 is 1.14 bits per heavy atom. The maximum absolute atomic E-state index is 13.9. The van der Waals surface area contributed by atoms with Crippen molar-refractivity contribution < 1.29 is 22.7 Å². The second-order valence-electron chi connectivity index (χ2n) is 9.23. The molecule has 36 heavy (non-hydrogen) atoms. The summed E-state index contributed by atoms with van der Waals surface area (Å²) in [7, 11) is 1.50. The fourth-order valence-corrected chi connectivity index (χ4v) is 4.44. The van der Waals surface area contributed by atoms with Crippen molar-refractivity contribution in [2.24, 2.45) is 7.05 Å². The van der Waals surface area contributed by atoms with Crippen LogP contribution in [0.15, 0.2) is 35.1 Å². The number of halogens is 3. The predicted octanol–water partition coefficient (Wildman–Crippen LogP) is 4.08. The van der Waals surface area contributed by atoms with Gasteiger partial charge in [0, 0.05) is 37.0 Å². The topological polar surface area (TPSA) is 89.4 Å². The number of fused-ring (bicyclic) bond motifs is 1. The Kier molecular flexibility index (Phi) is 6.78. The molecule has 1 saturated heterocycles. The minimum absolute atomic E-state index is 0.00895. The molecule has 8 nitrogen and oxygen atoms in total. The van der Waals surface area contributed by atoms with E-state index in [1.54, 1.807) is 36.1 Å². The van der Waals surface area contributed by atoms with Crippen molar-refractivity contribution in [2.75, 3.05) is 18.4 Å². The zero-order chi connectivity index (χ0) is 26.4. The highest BCUT2D eigenvalue weighted by atomic mass is 19.4. The molecule has 1 aliphatic heterocycles. The number of rotatable bonds is 4. The lowest BCUT2D eigenvalue weighted by molar-refractivity contribution is -0.141. The van der Waals surface area contributed by atoms with Gasteiger partial charge < -0.3 is 15.0 Å². The van der Waals surface area contributed by atoms with Crippen molar-refractivity contribution in [1.29, 1.82) is 0 Å². The fourth-order valence-electron chi connectivity index (χ4n) is 4.44. The Labute approximate surface area is 206 Å². The summed E-state index contributed by atoms with van der Waals surface area (Å²) < 4.78 is 48.6. The summed E-state index contributed by atoms with van der Waals surface area (Å²) in [6.07, 6.45) is -4.86. The van der Waals surface area contributed by atoms with Crippen LogP contribution in [0.5, 0.6) is 0 Å². The van der Waals surface area contributed by atoms with Gasteiger partial charge in [-0.3, -0.25) is 14.2 Å². The van der Waals surface area contributed by atoms with Gasteiger partial charge in [0.05, 0.1) is 23.6 Å². The van der Waals surface area contributed by atoms with Crippen LogP contribution in [0.25, 0.3) is 11.0 Å². The Balaban J connectivity index is 1.61. The number of carbonyl (C=O) groups excluding carboxylic acids is 1. The third-order valence-corrected chi connectivity index (χ3v) is 6.28. The second-order valence-corrected chi connectivity index (χ2v) is 9.23. The van der Waals surface area contributed by atoms with E-state index in [-0.39, 0.29) is 40.5 Å². The first kappa shape index (κ1) is 25.6. The molecular weight excluding hydrogens is 475 g/mol. The smallest absolute Gasteiger partial charge is 0.378 e. The molecule has 0 radical (unpaired) electrons. The summed E-state index contributed by atoms with van der Waals surface area (Å²) >= 11 is 0. The molecule has 2 aromatic heterocycles. The molecule has 0 bridgehead atoms. The summed E-state index contributed by atoms with van der Waals surface area (Å²) in [5.74, 6) is 0.135. The number of nitrogens with one attached hydrogen (secondary N) is 1. The van der Waals surface area contributed by atoms with Crippen molar-refractivity contribution >= 4 is 22.6 Å². The van der Waals surface area contributed by atoms with E-state index >= 15 is 0 Å². The molecule has 0 unspecified atom stereocenters. The summed E-state index contributed by atoms with van der Waals surface area (Å²) in [4.78, 5) is 35.1. The molecule has 0 aliphatic carbocycles. The third kappa shape index (κ3) is 5.06. The standard InChI is InChI=1S/C25H28F3N5O3/c1-13-11-33(12-14(2)36-13)23(34)17-6-8-18(9-7-17)29-15(3)19-10-20-22(31-21(19)25(26,27)28)30-16(4)32(5)24(20)35/h6-10,13-15,29H,11-12H2,1-5H3/t13-,14+,15-/m1/s1. The van der Waals surface area contributed by atoms with Gasteiger partial charge in [-0.2, -0.15) is 13.2 Å². The molecule has 192 valence electrons. The van der Waals surface area contributed by atoms with Gasteiger partial charge in [0.1, 0.15) is 5.82 Å². The molecule has 4 rings (SSSR count). The van der Waals surface area contributed by atoms with E-state index in [2.05, 4.69) is 15.3 Å². The molecule has 0 spiro atoms. The van der Waals surface area contributed by atoms with Crippen LogP contribution in [-0.2, 0) is 18.0 Å². The van der Waals surface area contributed by atoms with Crippen LogP contribution in [-0.4, -0.2) is 50.6 Å². The Bertz CT molecular complexity index is 1340. The number of pyridine rings is 1. The number of anilines is 1. The minimum atomic E-state index is -4.74. The quantitative estimate of drug-likeness (QED) is 0.577. The summed E-state index contributed by atoms with van der Waals surface area (Å²) in [5, 5.41) is 3.04. The average Bonchev–Trinajstić information content (AvgIpc) is 2.81. The molecule has 3 heterocycles. The number of alkyl halides is 3. The number of hydrogen-bond donors (Lipinski definition) is 1. The van der Waals surface area contributed by atoms with Crippen LogP contribution >= 0.6 is 0 Å². The molecule has 1 fully saturated rings. The Morgan fingerprint density at radius 2 is 1.75 bits per heavy atom. The number of ether oxygens (including phenoxy) is 1. The van der Waals surface area contributed by atoms with Crippen LogP contribution in [0.1, 0.15) is 54.3 Å². The number of morpholine rings is 1. The molecular formula is C25H28F3N5O3. The van der Waals surface area contributed by atoms with Crippen LogP contribution in [0.3, 0.4) is 0 Å². The van der Waals surface area contributed by atoms with Crippen molar-refractivity contribution in [3.63, 3.8) is 0 Å². The first-order valence-corrected chi connectivity index (χ1v) is 11.6. The Morgan fingerprint density at radius 3 is 2.33 bits per heavy atom. The number of hydrogen-bond acceptors (Lipinski definition) is 6. The van der Waals surface area contributed by atoms with Gasteiger partial charge in [0.25, 0.3) is 11.5 Å². The number of nitrogens with zero attached hydrogens (tertiary/aromatic N) is 4. The number of benzene rings is 1. The van der Waals surface area contributed by atoms with E-state index in [1.807, 2.05) is 13.8 Å². The highest BCUT2D eigenvalue weighted by molar-refractivity contribution is 5.94. The fraction of sp³-hybridized carbons (Fsp3) is 0.440. The van der Waals surface area contributed by atoms with E-state index in [9.17, 15) is 22.8 Å². The summed E-state index contributed by atoms with van der Waals surface area (Å²) in [6, 6.07) is 6.91. The summed E-state index contributed by atoms with van der Waals surface area (Å²) in [6.45, 7) is 7.89. The van der Waals surface area contributed by atoms with Gasteiger partial charge in [-0.15, -0.1) is 0 Å². The molecule has 1 aliphatic rings. The van der Waals surface area contributed by atoms with E-state index < -0.39 is 23.5 Å². The van der Waals surface area contributed by atoms with Crippen LogP contribution < -0.4 is 10.9 Å². The molecule has 11 heteroatoms. The highest BCUT2D eigenvalue weighted by Gasteiger charge is 2.37. The minimum Gasteiger partial charge on any atom is -0.378 e. The molecule has 1 amide bonds. The van der Waals surface area contributed by atoms with E-state index in [1.165, 1.54) is 24.6 Å². The number of aryl methyl sites for hydroxylation is 1. The molecule has 1 N–H and O–H groups in total. The lowest BCUT2D eigenvalue weighted by Crippen LogP contribution is -2.48. The average molecular weight is 504 g/mol. The monoisotopic (exact) mass is 503 g/mol. The Hall–Kier alpha value is -3.47. The number of aromatic nitrogens is 3. The maximum Gasteiger partial charge on any atom is 0.433 e. The molecule has 3 aromatic rings. The van der Waals surface area contributed by atoms with Gasteiger partial charge in [0.2, 0.25) is 0 Å². The third-order valence-electron chi connectivity index (χ3n) is 6.28. The lowest BCUT2D eigenvalue weighted by Gasteiger charge is -2.35.